The Balaban J connectivity index is 0.753. The molecule has 2 aliphatic heterocycles. The quantitative estimate of drug-likeness (QED) is 0.0467. The molecule has 2 fully saturated rings. The van der Waals surface area contributed by atoms with Crippen molar-refractivity contribution in [2.45, 2.75) is 76.8 Å². The van der Waals surface area contributed by atoms with Crippen molar-refractivity contribution in [2.75, 3.05) is 39.6 Å². The number of H-pyrrole nitrogens is 2. The summed E-state index contributed by atoms with van der Waals surface area (Å²) in [5.74, 6) is 13.2. The third-order valence-electron chi connectivity index (χ3n) is 11.9. The van der Waals surface area contributed by atoms with E-state index in [9.17, 15) is 38.8 Å². The molecule has 1 unspecified atom stereocenters. The zero-order chi connectivity index (χ0) is 50.8. The first kappa shape index (κ1) is 51.8. The van der Waals surface area contributed by atoms with E-state index in [0.717, 1.165) is 49.1 Å². The fourth-order valence-electron chi connectivity index (χ4n) is 7.96. The van der Waals surface area contributed by atoms with E-state index in [2.05, 4.69) is 33.6 Å². The third kappa shape index (κ3) is 13.5. The third-order valence-corrected chi connectivity index (χ3v) is 12.9. The lowest BCUT2D eigenvalue weighted by Gasteiger charge is -2.18. The molecule has 72 heavy (non-hydrogen) atoms. The molecule has 19 nitrogen and oxygen atoms in total. The van der Waals surface area contributed by atoms with E-state index in [4.69, 9.17) is 32.7 Å². The van der Waals surface area contributed by atoms with Crippen molar-refractivity contribution < 1.29 is 52.4 Å². The molecule has 2 aliphatic carbocycles. The second kappa shape index (κ2) is 23.8. The smallest absolute Gasteiger partial charge is 0.390 e. The highest BCUT2D eigenvalue weighted by atomic mass is 31.2. The molecule has 20 heteroatoms. The van der Waals surface area contributed by atoms with E-state index >= 15 is 0 Å². The Hall–Kier alpha value is -6.55. The maximum Gasteiger partial charge on any atom is 0.472 e. The van der Waals surface area contributed by atoms with Crippen LogP contribution in [0, 0.1) is 37.5 Å². The normalized spacial score (nSPS) is 20.4. The number of phosphoric ester groups is 1. The van der Waals surface area contributed by atoms with Gasteiger partial charge in [0, 0.05) is 58.6 Å². The Morgan fingerprint density at radius 3 is 1.57 bits per heavy atom. The lowest BCUT2D eigenvalue weighted by molar-refractivity contribution is -0.0709. The van der Waals surface area contributed by atoms with Gasteiger partial charge in [0.25, 0.3) is 11.1 Å². The van der Waals surface area contributed by atoms with Crippen molar-refractivity contribution in [3.8, 4) is 34.8 Å². The molecule has 0 radical (unpaired) electrons. The van der Waals surface area contributed by atoms with Gasteiger partial charge in [0.05, 0.1) is 65.1 Å². The molecule has 4 aromatic rings. The average Bonchev–Trinajstić information content (AvgIpc) is 3.96. The molecule has 2 aromatic carbocycles. The molecule has 7 atom stereocenters. The van der Waals surface area contributed by atoms with Crippen molar-refractivity contribution in [2.24, 2.45) is 0 Å². The van der Waals surface area contributed by atoms with Crippen molar-refractivity contribution in [3.63, 3.8) is 0 Å². The van der Waals surface area contributed by atoms with Gasteiger partial charge in [-0.1, -0.05) is 78.3 Å². The monoisotopic (exact) mass is 1000 g/mol. The summed E-state index contributed by atoms with van der Waals surface area (Å²) in [7, 11) is -4.53. The van der Waals surface area contributed by atoms with Gasteiger partial charge in [-0.15, -0.1) is 0 Å². The fraction of sp³-hybridized carbons (Fsp3) is 0.346. The van der Waals surface area contributed by atoms with Crippen molar-refractivity contribution in [3.05, 3.63) is 184 Å². The Kier molecular flexibility index (Phi) is 17.1. The van der Waals surface area contributed by atoms with Crippen LogP contribution in [-0.2, 0) is 50.5 Å². The summed E-state index contributed by atoms with van der Waals surface area (Å²) in [6.07, 6.45) is -2.24. The van der Waals surface area contributed by atoms with E-state index < -0.39 is 73.8 Å². The zero-order valence-electron chi connectivity index (χ0n) is 39.4. The van der Waals surface area contributed by atoms with Crippen LogP contribution in [0.2, 0.25) is 0 Å². The van der Waals surface area contributed by atoms with Gasteiger partial charge in [0.2, 0.25) is 0 Å². The maximum atomic E-state index is 12.5. The molecule has 5 N–H and O–H groups in total. The minimum Gasteiger partial charge on any atom is -0.390 e. The lowest BCUT2D eigenvalue weighted by atomic mass is 10.1. The highest BCUT2D eigenvalue weighted by molar-refractivity contribution is 7.47. The standard InChI is InChI=1S/C52H53N4O15P/c1-33-27-55(51(61)53-49(33)59)47-25-43(57)45(70-47)31-67-21-20-65-29-37-12-8-35(9-13-37)16-18-39-24-40(42-7-5-3-4-6-41(39)42)19-17-36-10-14-38(15-11-36)30-66-22-23-68-72(63,64)69-32-46-44(58)26-48(71-46)56-28-34(2)50(60)54-52(56)62/h3-15,24,27-28,43-48,57-58H,20-23,25-26,29-32H2,1-2H3,(H,63,64)(H,53,59,61)(H,54,60,62)/t43-,44-,45+,46+,47+,48+/m0/s1. The summed E-state index contributed by atoms with van der Waals surface area (Å²) in [5.41, 5.74) is 5.42. The number of aromatic nitrogens is 4. The van der Waals surface area contributed by atoms with Gasteiger partial charge in [0.1, 0.15) is 24.7 Å². The van der Waals surface area contributed by atoms with E-state index in [0.29, 0.717) is 18.8 Å². The van der Waals surface area contributed by atoms with E-state index in [1.54, 1.807) is 6.92 Å². The van der Waals surface area contributed by atoms with Gasteiger partial charge >= 0.3 is 19.2 Å². The Bertz CT molecular complexity index is 3240. The Morgan fingerprint density at radius 1 is 0.611 bits per heavy atom. The number of nitrogens with one attached hydrogen (secondary N) is 2. The van der Waals surface area contributed by atoms with E-state index in [1.807, 2.05) is 84.9 Å². The van der Waals surface area contributed by atoms with Gasteiger partial charge < -0.3 is 38.8 Å². The number of aliphatic hydroxyl groups excluding tert-OH is 2. The molecule has 0 bridgehead atoms. The van der Waals surface area contributed by atoms with Crippen LogP contribution >= 0.6 is 7.82 Å². The molecule has 2 saturated heterocycles. The SMILES string of the molecule is Cc1cn([C@H]2C[C@H](O)[C@@H](COCCOCc3ccc(C#Cc4cc(C#Cc5ccc(COCCOP(=O)(O)OC[C@H]6O[C@@H](n7cc(C)c(=O)[nH]c7=O)C[C@@H]6O)cc5)c5cccccc4-5)cc3)O2)c(=O)[nH]c1=O. The highest BCUT2D eigenvalue weighted by Crippen LogP contribution is 2.44. The highest BCUT2D eigenvalue weighted by Gasteiger charge is 2.38. The van der Waals surface area contributed by atoms with Crippen LogP contribution in [0.5, 0.6) is 0 Å². The summed E-state index contributed by atoms with van der Waals surface area (Å²) in [5, 5.41) is 20.9. The fourth-order valence-corrected chi connectivity index (χ4v) is 8.67. The van der Waals surface area contributed by atoms with E-state index in [1.165, 1.54) is 23.9 Å². The first-order valence-electron chi connectivity index (χ1n) is 23.1. The van der Waals surface area contributed by atoms with Gasteiger partial charge in [-0.25, -0.2) is 14.2 Å². The second-order valence-corrected chi connectivity index (χ2v) is 18.7. The Morgan fingerprint density at radius 2 is 1.07 bits per heavy atom. The van der Waals surface area contributed by atoms with Crippen molar-refractivity contribution >= 4 is 7.82 Å². The molecule has 376 valence electrons. The molecule has 4 aliphatic rings. The van der Waals surface area contributed by atoms with Gasteiger partial charge in [-0.3, -0.25) is 37.7 Å². The van der Waals surface area contributed by atoms with Crippen LogP contribution in [0.15, 0.2) is 117 Å². The van der Waals surface area contributed by atoms with Gasteiger partial charge in [-0.05, 0) is 66.4 Å². The molecular weight excluding hydrogens is 952 g/mol. The van der Waals surface area contributed by atoms with Gasteiger partial charge in [-0.2, -0.15) is 0 Å². The van der Waals surface area contributed by atoms with Crippen molar-refractivity contribution in [1.29, 1.82) is 0 Å². The number of hydrogen-bond donors (Lipinski definition) is 5. The lowest BCUT2D eigenvalue weighted by Crippen LogP contribution is -2.33. The summed E-state index contributed by atoms with van der Waals surface area (Å²) in [4.78, 5) is 62.5. The molecule has 0 spiro atoms. The summed E-state index contributed by atoms with van der Waals surface area (Å²) >= 11 is 0. The molecule has 4 heterocycles. The number of benzene rings is 2. The molecule has 2 aromatic heterocycles. The number of rotatable bonds is 18. The molecule has 0 amide bonds. The number of aryl methyl sites for hydroxylation is 2. The zero-order valence-corrected chi connectivity index (χ0v) is 40.2. The van der Waals surface area contributed by atoms with Crippen LogP contribution in [0.4, 0.5) is 0 Å². The van der Waals surface area contributed by atoms with E-state index in [-0.39, 0.29) is 51.4 Å². The largest absolute Gasteiger partial charge is 0.472 e. The predicted octanol–water partition coefficient (Wildman–Crippen LogP) is 3.79. The summed E-state index contributed by atoms with van der Waals surface area (Å²) < 4.78 is 53.6. The maximum absolute atomic E-state index is 12.5. The first-order chi connectivity index (χ1) is 34.7. The van der Waals surface area contributed by atoms with Crippen LogP contribution < -0.4 is 22.5 Å². The molecule has 8 rings (SSSR count). The minimum absolute atomic E-state index is 0.00311. The van der Waals surface area contributed by atoms with Crippen LogP contribution in [0.3, 0.4) is 0 Å². The number of phosphoric acid groups is 1. The predicted molar refractivity (Wildman–Crippen MR) is 261 cm³/mol. The van der Waals surface area contributed by atoms with Crippen LogP contribution in [0.1, 0.15) is 69.8 Å². The first-order valence-corrected chi connectivity index (χ1v) is 24.6. The topological polar surface area (TPSA) is 252 Å². The van der Waals surface area contributed by atoms with Crippen molar-refractivity contribution in [1.82, 2.24) is 19.1 Å². The average molecular weight is 1000 g/mol. The number of aliphatic hydroxyl groups is 2. The minimum atomic E-state index is -4.53. The molecular formula is C52H53N4O15P. The number of nitrogens with zero attached hydrogens (tertiary/aromatic N) is 2. The second-order valence-electron chi connectivity index (χ2n) is 17.2. The number of aromatic amines is 2. The van der Waals surface area contributed by atoms with Crippen LogP contribution in [-0.4, -0.2) is 98.3 Å². The van der Waals surface area contributed by atoms with Gasteiger partial charge in [0.15, 0.2) is 0 Å². The number of hydrogen-bond acceptors (Lipinski definition) is 14. The Labute approximate surface area is 412 Å². The summed E-state index contributed by atoms with van der Waals surface area (Å²) in [6.45, 7) is 3.67. The summed E-state index contributed by atoms with van der Waals surface area (Å²) in [6, 6.07) is 27.2. The van der Waals surface area contributed by atoms with Crippen LogP contribution in [0.25, 0.3) is 11.1 Å². The number of fused-ring (bicyclic) bond motifs is 1. The molecule has 0 saturated carbocycles. The number of ether oxygens (including phenoxy) is 5.